The molecule has 0 bridgehead atoms. The van der Waals surface area contributed by atoms with E-state index in [1.807, 2.05) is 0 Å². The SMILES string of the molecule is CC12Cn3c(=O)[nH]c4cnc(NC[C@@H]5CCNC5)[n+](c43)C1C=CC=C2C(F)(F)F. The summed E-state index contributed by atoms with van der Waals surface area (Å²) in [5.74, 6) is 0.900. The molecule has 29 heavy (non-hydrogen) atoms. The minimum atomic E-state index is -4.49. The molecule has 154 valence electrons. The molecule has 1 aliphatic carbocycles. The van der Waals surface area contributed by atoms with Crippen LogP contribution < -0.4 is 20.9 Å². The number of allylic oxidation sites excluding steroid dienone is 4. The van der Waals surface area contributed by atoms with Gasteiger partial charge in [-0.3, -0.25) is 10.3 Å². The molecule has 2 aromatic rings. The van der Waals surface area contributed by atoms with Gasteiger partial charge >= 0.3 is 17.8 Å². The van der Waals surface area contributed by atoms with Gasteiger partial charge in [-0.1, -0.05) is 12.2 Å². The Kier molecular flexibility index (Phi) is 3.93. The van der Waals surface area contributed by atoms with Crippen LogP contribution in [0, 0.1) is 11.3 Å². The van der Waals surface area contributed by atoms with Crippen molar-refractivity contribution >= 4 is 17.1 Å². The molecular weight excluding hydrogens is 385 g/mol. The lowest BCUT2D eigenvalue weighted by Crippen LogP contribution is -2.59. The van der Waals surface area contributed by atoms with E-state index in [0.717, 1.165) is 25.6 Å². The highest BCUT2D eigenvalue weighted by atomic mass is 19.4. The Morgan fingerprint density at radius 3 is 3.00 bits per heavy atom. The fourth-order valence-electron chi connectivity index (χ4n) is 4.90. The number of imidazole rings is 1. The largest absolute Gasteiger partial charge is 0.413 e. The number of aromatic amines is 1. The van der Waals surface area contributed by atoms with E-state index in [0.29, 0.717) is 29.6 Å². The zero-order valence-electron chi connectivity index (χ0n) is 15.9. The molecule has 3 N–H and O–H groups in total. The molecule has 0 saturated carbocycles. The van der Waals surface area contributed by atoms with Gasteiger partial charge in [0.05, 0.1) is 18.5 Å². The van der Waals surface area contributed by atoms with Crippen LogP contribution in [0.4, 0.5) is 19.1 Å². The van der Waals surface area contributed by atoms with Crippen molar-refractivity contribution in [1.29, 1.82) is 0 Å². The lowest BCUT2D eigenvalue weighted by Gasteiger charge is -2.42. The summed E-state index contributed by atoms with van der Waals surface area (Å²) >= 11 is 0. The molecule has 0 aromatic carbocycles. The maximum atomic E-state index is 13.9. The minimum Gasteiger partial charge on any atom is -0.316 e. The zero-order chi connectivity index (χ0) is 20.4. The van der Waals surface area contributed by atoms with Gasteiger partial charge in [0.25, 0.3) is 0 Å². The number of anilines is 1. The molecule has 0 radical (unpaired) electrons. The lowest BCUT2D eigenvalue weighted by molar-refractivity contribution is -0.697. The van der Waals surface area contributed by atoms with Crippen molar-refractivity contribution in [2.24, 2.45) is 11.3 Å². The Bertz CT molecular complexity index is 1090. The van der Waals surface area contributed by atoms with E-state index in [2.05, 4.69) is 20.6 Å². The van der Waals surface area contributed by atoms with Crippen LogP contribution in [0.15, 0.2) is 34.8 Å². The van der Waals surface area contributed by atoms with E-state index < -0.39 is 28.9 Å². The number of fused-ring (bicyclic) bond motifs is 2. The van der Waals surface area contributed by atoms with Crippen LogP contribution in [0.25, 0.3) is 11.2 Å². The third kappa shape index (κ3) is 2.72. The number of rotatable bonds is 3. The third-order valence-electron chi connectivity index (χ3n) is 6.36. The van der Waals surface area contributed by atoms with Gasteiger partial charge in [-0.25, -0.2) is 13.9 Å². The molecule has 1 fully saturated rings. The van der Waals surface area contributed by atoms with E-state index >= 15 is 0 Å². The molecule has 1 saturated heterocycles. The maximum Gasteiger partial charge on any atom is 0.413 e. The summed E-state index contributed by atoms with van der Waals surface area (Å²) in [6, 6.07) is -0.611. The van der Waals surface area contributed by atoms with Gasteiger partial charge in [0, 0.05) is 12.1 Å². The van der Waals surface area contributed by atoms with E-state index in [9.17, 15) is 18.0 Å². The van der Waals surface area contributed by atoms with Crippen molar-refractivity contribution < 1.29 is 17.7 Å². The molecule has 0 amide bonds. The Labute approximate surface area is 164 Å². The summed E-state index contributed by atoms with van der Waals surface area (Å²) in [7, 11) is 0. The molecule has 5 rings (SSSR count). The number of aromatic nitrogens is 4. The van der Waals surface area contributed by atoms with Crippen molar-refractivity contribution in [3.63, 3.8) is 0 Å². The minimum absolute atomic E-state index is 0.0534. The molecule has 2 aliphatic heterocycles. The summed E-state index contributed by atoms with van der Waals surface area (Å²) in [4.78, 5) is 19.7. The van der Waals surface area contributed by atoms with Crippen LogP contribution in [-0.4, -0.2) is 40.3 Å². The first kappa shape index (κ1) is 18.4. The van der Waals surface area contributed by atoms with Gasteiger partial charge in [-0.15, -0.1) is 4.98 Å². The van der Waals surface area contributed by atoms with Crippen molar-refractivity contribution in [1.82, 2.24) is 19.9 Å². The summed E-state index contributed by atoms with van der Waals surface area (Å²) in [6.45, 7) is 4.03. The Balaban J connectivity index is 1.66. The van der Waals surface area contributed by atoms with Crippen LogP contribution in [0.1, 0.15) is 19.4 Å². The van der Waals surface area contributed by atoms with Crippen LogP contribution >= 0.6 is 0 Å². The number of hydrogen-bond acceptors (Lipinski definition) is 4. The van der Waals surface area contributed by atoms with Crippen LogP contribution in [0.5, 0.6) is 0 Å². The first-order valence-corrected chi connectivity index (χ1v) is 9.73. The van der Waals surface area contributed by atoms with E-state index in [-0.39, 0.29) is 6.54 Å². The quantitative estimate of drug-likeness (QED) is 0.677. The molecule has 2 aromatic heterocycles. The average molecular weight is 407 g/mol. The Morgan fingerprint density at radius 1 is 1.45 bits per heavy atom. The molecule has 7 nitrogen and oxygen atoms in total. The van der Waals surface area contributed by atoms with Gasteiger partial charge in [-0.2, -0.15) is 13.2 Å². The number of nitrogens with zero attached hydrogens (tertiary/aromatic N) is 3. The number of halogens is 3. The van der Waals surface area contributed by atoms with Crippen LogP contribution in [-0.2, 0) is 6.54 Å². The van der Waals surface area contributed by atoms with Gasteiger partial charge in [-0.05, 0) is 31.9 Å². The third-order valence-corrected chi connectivity index (χ3v) is 6.36. The van der Waals surface area contributed by atoms with E-state index in [1.54, 1.807) is 23.8 Å². The Hall–Kier alpha value is -2.62. The second-order valence-electron chi connectivity index (χ2n) is 8.27. The fraction of sp³-hybridized carbons (Fsp3) is 0.526. The number of nitrogens with one attached hydrogen (secondary N) is 3. The standard InChI is InChI=1S/C19H21F3N6O/c1-18-10-27-15-12(26-17(27)29)9-25-16(24-8-11-5-6-23-7-11)28(15)14(18)4-2-3-13(18)19(20,21)22/h2-4,9,11,14,23H,5-8,10H2,1H3,(H,26,29)/p+1/t11-,14?,18?/m1/s1. The predicted octanol–water partition coefficient (Wildman–Crippen LogP) is 1.65. The summed E-state index contributed by atoms with van der Waals surface area (Å²) in [5.41, 5.74) is -1.30. The average Bonchev–Trinajstić information content (AvgIpc) is 3.28. The predicted molar refractivity (Wildman–Crippen MR) is 100 cm³/mol. The van der Waals surface area contributed by atoms with Crippen molar-refractivity contribution in [3.8, 4) is 0 Å². The fourth-order valence-corrected chi connectivity index (χ4v) is 4.90. The first-order chi connectivity index (χ1) is 13.8. The second-order valence-corrected chi connectivity index (χ2v) is 8.27. The highest BCUT2D eigenvalue weighted by Gasteiger charge is 2.55. The van der Waals surface area contributed by atoms with Gasteiger partial charge in [0.1, 0.15) is 17.8 Å². The zero-order valence-corrected chi connectivity index (χ0v) is 15.9. The molecule has 2 unspecified atom stereocenters. The number of alkyl halides is 3. The summed E-state index contributed by atoms with van der Waals surface area (Å²) in [5, 5.41) is 6.62. The van der Waals surface area contributed by atoms with E-state index in [1.165, 1.54) is 10.6 Å². The van der Waals surface area contributed by atoms with Crippen LogP contribution in [0.3, 0.4) is 0 Å². The number of hydrogen-bond donors (Lipinski definition) is 3. The molecule has 4 heterocycles. The van der Waals surface area contributed by atoms with Gasteiger partial charge in [0.15, 0.2) is 0 Å². The van der Waals surface area contributed by atoms with Crippen LogP contribution in [0.2, 0.25) is 0 Å². The second kappa shape index (κ2) is 6.19. The summed E-state index contributed by atoms with van der Waals surface area (Å²) < 4.78 is 44.7. The Morgan fingerprint density at radius 2 is 2.28 bits per heavy atom. The number of H-pyrrole nitrogens is 1. The molecule has 0 spiro atoms. The highest BCUT2D eigenvalue weighted by Crippen LogP contribution is 2.50. The normalized spacial score (nSPS) is 28.5. The van der Waals surface area contributed by atoms with Crippen molar-refractivity contribution in [2.45, 2.75) is 32.1 Å². The van der Waals surface area contributed by atoms with Gasteiger partial charge < -0.3 is 5.32 Å². The van der Waals surface area contributed by atoms with Crippen molar-refractivity contribution in [3.05, 3.63) is 40.5 Å². The molecule has 3 atom stereocenters. The first-order valence-electron chi connectivity index (χ1n) is 9.73. The highest BCUT2D eigenvalue weighted by molar-refractivity contribution is 5.67. The molecular formula is C19H22F3N6O+. The topological polar surface area (TPSA) is 78.6 Å². The summed E-state index contributed by atoms with van der Waals surface area (Å²) in [6.07, 6.45) is 2.44. The lowest BCUT2D eigenvalue weighted by atomic mass is 9.71. The maximum absolute atomic E-state index is 13.9. The van der Waals surface area contributed by atoms with Gasteiger partial charge in [0.2, 0.25) is 5.65 Å². The van der Waals surface area contributed by atoms with Crippen molar-refractivity contribution in [2.75, 3.05) is 25.0 Å². The smallest absolute Gasteiger partial charge is 0.316 e. The van der Waals surface area contributed by atoms with E-state index in [4.69, 9.17) is 0 Å². The monoisotopic (exact) mass is 407 g/mol. The molecule has 10 heteroatoms. The molecule has 3 aliphatic rings.